The van der Waals surface area contributed by atoms with Gasteiger partial charge in [-0.15, -0.1) is 0 Å². The molecule has 1 fully saturated rings. The maximum atomic E-state index is 12.2. The van der Waals surface area contributed by atoms with E-state index in [0.717, 1.165) is 24.9 Å². The van der Waals surface area contributed by atoms with E-state index in [1.807, 2.05) is 17.0 Å². The lowest BCUT2D eigenvalue weighted by molar-refractivity contribution is -0.133. The smallest absolute Gasteiger partial charge is 0.222 e. The second kappa shape index (κ2) is 5.70. The van der Waals surface area contributed by atoms with Gasteiger partial charge in [0.15, 0.2) is 0 Å². The molecule has 0 saturated carbocycles. The van der Waals surface area contributed by atoms with Crippen LogP contribution in [0, 0.1) is 5.41 Å². The molecule has 1 aliphatic rings. The van der Waals surface area contributed by atoms with E-state index in [1.165, 1.54) is 0 Å². The van der Waals surface area contributed by atoms with Crippen LogP contribution in [-0.2, 0) is 11.2 Å². The average molecular weight is 261 g/mol. The van der Waals surface area contributed by atoms with Crippen molar-refractivity contribution in [2.75, 3.05) is 13.1 Å². The molecule has 1 unspecified atom stereocenters. The second-order valence-corrected chi connectivity index (χ2v) is 6.04. The van der Waals surface area contributed by atoms with Crippen molar-refractivity contribution in [1.29, 1.82) is 0 Å². The number of aromatic nitrogens is 1. The Bertz CT molecular complexity index is 430. The zero-order valence-electron chi connectivity index (χ0n) is 11.8. The number of likely N-dealkylation sites (tertiary alicyclic amines) is 1. The molecule has 4 nitrogen and oxygen atoms in total. The number of nitrogens with two attached hydrogens (primary N) is 1. The molecule has 0 bridgehead atoms. The minimum absolute atomic E-state index is 0.0751. The average Bonchev–Trinajstić information content (AvgIpc) is 2.40. The van der Waals surface area contributed by atoms with Crippen molar-refractivity contribution in [2.24, 2.45) is 11.1 Å². The van der Waals surface area contributed by atoms with Crippen LogP contribution in [0.4, 0.5) is 0 Å². The van der Waals surface area contributed by atoms with E-state index in [1.54, 1.807) is 12.4 Å². The molecule has 4 heteroatoms. The lowest BCUT2D eigenvalue weighted by Gasteiger charge is -2.42. The van der Waals surface area contributed by atoms with Crippen molar-refractivity contribution in [3.8, 4) is 0 Å². The Morgan fingerprint density at radius 1 is 1.47 bits per heavy atom. The minimum Gasteiger partial charge on any atom is -0.341 e. The standard InChI is InChI=1S/C15H23N3O/c1-15(2)7-10-18(11-13(15)16)14(19)4-3-12-5-8-17-9-6-12/h5-6,8-9,13H,3-4,7,10-11,16H2,1-2H3. The van der Waals surface area contributed by atoms with E-state index < -0.39 is 0 Å². The molecule has 1 atom stereocenters. The van der Waals surface area contributed by atoms with Gasteiger partial charge in [-0.3, -0.25) is 9.78 Å². The third-order valence-corrected chi connectivity index (χ3v) is 4.18. The first-order valence-corrected chi connectivity index (χ1v) is 6.91. The van der Waals surface area contributed by atoms with Gasteiger partial charge >= 0.3 is 0 Å². The molecular formula is C15H23N3O. The molecule has 19 heavy (non-hydrogen) atoms. The number of carbonyl (C=O) groups excluding carboxylic acids is 1. The maximum absolute atomic E-state index is 12.2. The van der Waals surface area contributed by atoms with Crippen molar-refractivity contribution >= 4 is 5.91 Å². The third kappa shape index (κ3) is 3.53. The van der Waals surface area contributed by atoms with Crippen LogP contribution >= 0.6 is 0 Å². The van der Waals surface area contributed by atoms with Crippen LogP contribution in [0.1, 0.15) is 32.3 Å². The van der Waals surface area contributed by atoms with Crippen molar-refractivity contribution in [3.05, 3.63) is 30.1 Å². The zero-order chi connectivity index (χ0) is 13.9. The first kappa shape index (κ1) is 14.0. The van der Waals surface area contributed by atoms with Gasteiger partial charge in [-0.1, -0.05) is 13.8 Å². The number of amides is 1. The maximum Gasteiger partial charge on any atom is 0.222 e. The highest BCUT2D eigenvalue weighted by Crippen LogP contribution is 2.29. The molecule has 0 aliphatic carbocycles. The van der Waals surface area contributed by atoms with Gasteiger partial charge in [0.2, 0.25) is 5.91 Å². The molecular weight excluding hydrogens is 238 g/mol. The molecule has 2 rings (SSSR count). The van der Waals surface area contributed by atoms with Gasteiger partial charge in [0.05, 0.1) is 0 Å². The third-order valence-electron chi connectivity index (χ3n) is 4.18. The molecule has 1 aliphatic heterocycles. The highest BCUT2D eigenvalue weighted by molar-refractivity contribution is 5.76. The lowest BCUT2D eigenvalue weighted by Crippen LogP contribution is -2.54. The Balaban J connectivity index is 1.84. The van der Waals surface area contributed by atoms with E-state index in [9.17, 15) is 4.79 Å². The number of carbonyl (C=O) groups is 1. The summed E-state index contributed by atoms with van der Waals surface area (Å²) in [5, 5.41) is 0. The number of piperidine rings is 1. The van der Waals surface area contributed by atoms with Crippen LogP contribution in [-0.4, -0.2) is 34.9 Å². The Morgan fingerprint density at radius 2 is 2.16 bits per heavy atom. The first-order chi connectivity index (χ1) is 8.99. The molecule has 0 radical (unpaired) electrons. The normalized spacial score (nSPS) is 22.3. The van der Waals surface area contributed by atoms with Gasteiger partial charge in [-0.25, -0.2) is 0 Å². The number of aryl methyl sites for hydroxylation is 1. The summed E-state index contributed by atoms with van der Waals surface area (Å²) in [5.41, 5.74) is 7.44. The van der Waals surface area contributed by atoms with Crippen molar-refractivity contribution in [2.45, 2.75) is 39.2 Å². The molecule has 1 saturated heterocycles. The molecule has 0 aromatic carbocycles. The fraction of sp³-hybridized carbons (Fsp3) is 0.600. The first-order valence-electron chi connectivity index (χ1n) is 6.91. The molecule has 1 aromatic heterocycles. The van der Waals surface area contributed by atoms with Crippen molar-refractivity contribution < 1.29 is 4.79 Å². The quantitative estimate of drug-likeness (QED) is 0.899. The lowest BCUT2D eigenvalue weighted by atomic mass is 9.78. The monoisotopic (exact) mass is 261 g/mol. The molecule has 104 valence electrons. The summed E-state index contributed by atoms with van der Waals surface area (Å²) < 4.78 is 0. The Kier molecular flexibility index (Phi) is 4.20. The largest absolute Gasteiger partial charge is 0.341 e. The molecule has 1 amide bonds. The van der Waals surface area contributed by atoms with Crippen LogP contribution in [0.2, 0.25) is 0 Å². The van der Waals surface area contributed by atoms with E-state index in [4.69, 9.17) is 5.73 Å². The van der Waals surface area contributed by atoms with Crippen LogP contribution < -0.4 is 5.73 Å². The molecule has 2 heterocycles. The Hall–Kier alpha value is -1.42. The van der Waals surface area contributed by atoms with Gasteiger partial charge < -0.3 is 10.6 Å². The summed E-state index contributed by atoms with van der Waals surface area (Å²) in [7, 11) is 0. The number of hydrogen-bond donors (Lipinski definition) is 1. The van der Waals surface area contributed by atoms with Crippen LogP contribution in [0.3, 0.4) is 0 Å². The van der Waals surface area contributed by atoms with Crippen LogP contribution in [0.15, 0.2) is 24.5 Å². The second-order valence-electron chi connectivity index (χ2n) is 6.04. The van der Waals surface area contributed by atoms with Crippen LogP contribution in [0.5, 0.6) is 0 Å². The predicted molar refractivity (Wildman–Crippen MR) is 75.5 cm³/mol. The van der Waals surface area contributed by atoms with Gasteiger partial charge in [-0.2, -0.15) is 0 Å². The Morgan fingerprint density at radius 3 is 2.79 bits per heavy atom. The zero-order valence-corrected chi connectivity index (χ0v) is 11.8. The highest BCUT2D eigenvalue weighted by Gasteiger charge is 2.34. The Labute approximate surface area is 115 Å². The topological polar surface area (TPSA) is 59.2 Å². The number of hydrogen-bond acceptors (Lipinski definition) is 3. The highest BCUT2D eigenvalue weighted by atomic mass is 16.2. The van der Waals surface area contributed by atoms with Crippen LogP contribution in [0.25, 0.3) is 0 Å². The SMILES string of the molecule is CC1(C)CCN(C(=O)CCc2ccncc2)CC1N. The van der Waals surface area contributed by atoms with E-state index in [0.29, 0.717) is 13.0 Å². The van der Waals surface area contributed by atoms with E-state index in [-0.39, 0.29) is 17.4 Å². The summed E-state index contributed by atoms with van der Waals surface area (Å²) in [6.07, 6.45) is 5.83. The van der Waals surface area contributed by atoms with Crippen molar-refractivity contribution in [1.82, 2.24) is 9.88 Å². The van der Waals surface area contributed by atoms with Gasteiger partial charge in [0.25, 0.3) is 0 Å². The summed E-state index contributed by atoms with van der Waals surface area (Å²) >= 11 is 0. The molecule has 1 aromatic rings. The predicted octanol–water partition coefficient (Wildman–Crippen LogP) is 1.60. The van der Waals surface area contributed by atoms with Crippen molar-refractivity contribution in [3.63, 3.8) is 0 Å². The van der Waals surface area contributed by atoms with E-state index >= 15 is 0 Å². The summed E-state index contributed by atoms with van der Waals surface area (Å²) in [4.78, 5) is 18.1. The summed E-state index contributed by atoms with van der Waals surface area (Å²) in [6.45, 7) is 5.87. The molecule has 2 N–H and O–H groups in total. The minimum atomic E-state index is 0.0751. The summed E-state index contributed by atoms with van der Waals surface area (Å²) in [6, 6.07) is 3.99. The summed E-state index contributed by atoms with van der Waals surface area (Å²) in [5.74, 6) is 0.211. The van der Waals surface area contributed by atoms with Gasteiger partial charge in [-0.05, 0) is 36.0 Å². The molecule has 0 spiro atoms. The number of rotatable bonds is 3. The van der Waals surface area contributed by atoms with Gasteiger partial charge in [0, 0.05) is 37.9 Å². The van der Waals surface area contributed by atoms with E-state index in [2.05, 4.69) is 18.8 Å². The number of pyridine rings is 1. The fourth-order valence-corrected chi connectivity index (χ4v) is 2.37. The fourth-order valence-electron chi connectivity index (χ4n) is 2.37. The van der Waals surface area contributed by atoms with Gasteiger partial charge in [0.1, 0.15) is 0 Å². The number of nitrogens with zero attached hydrogens (tertiary/aromatic N) is 2.